The van der Waals surface area contributed by atoms with Gasteiger partial charge in [0.1, 0.15) is 5.69 Å². The predicted molar refractivity (Wildman–Crippen MR) is 95.9 cm³/mol. The molecule has 0 fully saturated rings. The maximum atomic E-state index is 11.4. The van der Waals surface area contributed by atoms with E-state index in [2.05, 4.69) is 17.5 Å². The molecule has 0 radical (unpaired) electrons. The van der Waals surface area contributed by atoms with Crippen molar-refractivity contribution in [1.82, 2.24) is 0 Å². The summed E-state index contributed by atoms with van der Waals surface area (Å²) in [5, 5.41) is 15.8. The fourth-order valence-electron chi connectivity index (χ4n) is 3.79. The smallest absolute Gasteiger partial charge is 0.292 e. The largest absolute Gasteiger partial charge is 0.372 e. The lowest BCUT2D eigenvalue weighted by Gasteiger charge is -2.37. The van der Waals surface area contributed by atoms with Crippen LogP contribution in [0.15, 0.2) is 48.6 Å². The van der Waals surface area contributed by atoms with Crippen molar-refractivity contribution < 1.29 is 4.92 Å². The number of allylic oxidation sites excluding steroid dienone is 2. The number of nitrogens with zero attached hydrogens (tertiary/aromatic N) is 1. The molecule has 1 heterocycles. The number of nitrogens with one attached hydrogen (secondary N) is 1. The summed E-state index contributed by atoms with van der Waals surface area (Å²) in [7, 11) is 0. The summed E-state index contributed by atoms with van der Waals surface area (Å²) in [5.74, 6) is 0.470. The molecular formula is C18H14Cl2N2O2. The molecule has 1 aliphatic carbocycles. The number of fused-ring (bicyclic) bond motifs is 3. The monoisotopic (exact) mass is 360 g/mol. The first kappa shape index (κ1) is 15.5. The lowest BCUT2D eigenvalue weighted by atomic mass is 9.77. The lowest BCUT2D eigenvalue weighted by Crippen LogP contribution is -2.29. The van der Waals surface area contributed by atoms with Gasteiger partial charge < -0.3 is 5.32 Å². The highest BCUT2D eigenvalue weighted by Crippen LogP contribution is 2.52. The molecule has 0 saturated heterocycles. The normalized spacial score (nSPS) is 24.2. The van der Waals surface area contributed by atoms with Crippen molar-refractivity contribution in [3.8, 4) is 0 Å². The van der Waals surface area contributed by atoms with Crippen molar-refractivity contribution in [2.75, 3.05) is 5.32 Å². The van der Waals surface area contributed by atoms with Crippen molar-refractivity contribution in [3.05, 3.63) is 79.8 Å². The van der Waals surface area contributed by atoms with Crippen molar-refractivity contribution in [3.63, 3.8) is 0 Å². The Balaban J connectivity index is 1.84. The van der Waals surface area contributed by atoms with Crippen LogP contribution in [0.1, 0.15) is 29.5 Å². The first-order chi connectivity index (χ1) is 11.6. The molecule has 2 aromatic carbocycles. The molecule has 3 atom stereocenters. The second-order valence-corrected chi connectivity index (χ2v) is 6.96. The van der Waals surface area contributed by atoms with Gasteiger partial charge in [-0.2, -0.15) is 0 Å². The molecule has 122 valence electrons. The van der Waals surface area contributed by atoms with Gasteiger partial charge in [0.15, 0.2) is 0 Å². The minimum atomic E-state index is -0.337. The molecule has 0 aromatic heterocycles. The van der Waals surface area contributed by atoms with Crippen LogP contribution in [0.5, 0.6) is 0 Å². The Morgan fingerprint density at radius 2 is 2.00 bits per heavy atom. The van der Waals surface area contributed by atoms with Gasteiger partial charge in [0.05, 0.1) is 21.0 Å². The van der Waals surface area contributed by atoms with E-state index in [9.17, 15) is 10.1 Å². The first-order valence-electron chi connectivity index (χ1n) is 7.71. The number of hydrogen-bond donors (Lipinski definition) is 1. The van der Waals surface area contributed by atoms with Crippen molar-refractivity contribution in [1.29, 1.82) is 0 Å². The number of anilines is 1. The first-order valence-corrected chi connectivity index (χ1v) is 8.47. The number of nitro groups is 1. The Morgan fingerprint density at radius 3 is 2.75 bits per heavy atom. The third-order valence-electron chi connectivity index (χ3n) is 4.87. The van der Waals surface area contributed by atoms with Crippen LogP contribution < -0.4 is 5.32 Å². The van der Waals surface area contributed by atoms with Gasteiger partial charge in [0, 0.05) is 12.0 Å². The quantitative estimate of drug-likeness (QED) is 0.422. The van der Waals surface area contributed by atoms with Crippen LogP contribution in [-0.2, 0) is 0 Å². The zero-order chi connectivity index (χ0) is 16.8. The molecule has 6 heteroatoms. The second kappa shape index (κ2) is 5.80. The van der Waals surface area contributed by atoms with Gasteiger partial charge in [0.25, 0.3) is 5.69 Å². The lowest BCUT2D eigenvalue weighted by molar-refractivity contribution is -0.384. The van der Waals surface area contributed by atoms with Crippen molar-refractivity contribution in [2.24, 2.45) is 5.92 Å². The number of para-hydroxylation sites is 1. The molecule has 0 bridgehead atoms. The summed E-state index contributed by atoms with van der Waals surface area (Å²) >= 11 is 12.2. The van der Waals surface area contributed by atoms with Gasteiger partial charge in [-0.25, -0.2) is 0 Å². The van der Waals surface area contributed by atoms with Gasteiger partial charge >= 0.3 is 0 Å². The fraction of sp³-hybridized carbons (Fsp3) is 0.222. The average Bonchev–Trinajstić information content (AvgIpc) is 3.06. The van der Waals surface area contributed by atoms with E-state index in [1.54, 1.807) is 12.1 Å². The van der Waals surface area contributed by atoms with E-state index in [0.29, 0.717) is 21.7 Å². The minimum absolute atomic E-state index is 0.0478. The molecule has 4 nitrogen and oxygen atoms in total. The highest BCUT2D eigenvalue weighted by Gasteiger charge is 2.40. The van der Waals surface area contributed by atoms with Gasteiger partial charge in [-0.1, -0.05) is 53.6 Å². The van der Waals surface area contributed by atoms with Crippen LogP contribution >= 0.6 is 23.2 Å². The van der Waals surface area contributed by atoms with Crippen LogP contribution in [0, 0.1) is 16.0 Å². The summed E-state index contributed by atoms with van der Waals surface area (Å²) in [6.07, 6.45) is 5.22. The minimum Gasteiger partial charge on any atom is -0.372 e. The molecule has 0 spiro atoms. The summed E-state index contributed by atoms with van der Waals surface area (Å²) in [6.45, 7) is 0. The standard InChI is InChI=1S/C18H14Cl2N2O2/c19-14-8-7-10(9-15(14)20)17-12-4-1-3-11(12)13-5-2-6-16(22(23)24)18(13)21-17/h1-3,5-9,11-12,17,21H,4H2/t11-,12-,17-/m1/s1. The van der Waals surface area contributed by atoms with Crippen LogP contribution in [-0.4, -0.2) is 4.92 Å². The average molecular weight is 361 g/mol. The number of benzene rings is 2. The maximum Gasteiger partial charge on any atom is 0.292 e. The van der Waals surface area contributed by atoms with Crippen molar-refractivity contribution in [2.45, 2.75) is 18.4 Å². The highest BCUT2D eigenvalue weighted by molar-refractivity contribution is 6.42. The Morgan fingerprint density at radius 1 is 1.17 bits per heavy atom. The third-order valence-corrected chi connectivity index (χ3v) is 5.61. The van der Waals surface area contributed by atoms with E-state index in [1.807, 2.05) is 18.2 Å². The van der Waals surface area contributed by atoms with E-state index in [-0.39, 0.29) is 22.6 Å². The summed E-state index contributed by atoms with van der Waals surface area (Å²) in [6, 6.07) is 10.8. The van der Waals surface area contributed by atoms with Crippen LogP contribution in [0.2, 0.25) is 10.0 Å². The topological polar surface area (TPSA) is 55.2 Å². The SMILES string of the molecule is O=[N+]([O-])c1cccc2c1N[C@H](c1ccc(Cl)c(Cl)c1)[C@@H]1CC=C[C@@H]21. The molecule has 1 aliphatic heterocycles. The molecule has 0 amide bonds. The third kappa shape index (κ3) is 2.38. The molecule has 2 aliphatic rings. The number of hydrogen-bond acceptors (Lipinski definition) is 3. The Kier molecular flexibility index (Phi) is 3.74. The van der Waals surface area contributed by atoms with Crippen molar-refractivity contribution >= 4 is 34.6 Å². The summed E-state index contributed by atoms with van der Waals surface area (Å²) in [4.78, 5) is 11.1. The molecule has 0 unspecified atom stereocenters. The number of halogens is 2. The van der Waals surface area contributed by atoms with E-state index in [0.717, 1.165) is 17.5 Å². The zero-order valence-electron chi connectivity index (χ0n) is 12.6. The number of nitro benzene ring substituents is 1. The predicted octanol–water partition coefficient (Wildman–Crippen LogP) is 5.73. The van der Waals surface area contributed by atoms with Gasteiger partial charge in [-0.05, 0) is 35.6 Å². The highest BCUT2D eigenvalue weighted by atomic mass is 35.5. The molecular weight excluding hydrogens is 347 g/mol. The molecule has 2 aromatic rings. The molecule has 1 N–H and O–H groups in total. The molecule has 24 heavy (non-hydrogen) atoms. The fourth-order valence-corrected chi connectivity index (χ4v) is 4.10. The van der Waals surface area contributed by atoms with Crippen LogP contribution in [0.3, 0.4) is 0 Å². The Bertz CT molecular complexity index is 866. The van der Waals surface area contributed by atoms with E-state index >= 15 is 0 Å². The summed E-state index contributed by atoms with van der Waals surface area (Å²) < 4.78 is 0. The maximum absolute atomic E-state index is 11.4. The van der Waals surface area contributed by atoms with E-state index < -0.39 is 0 Å². The Hall–Kier alpha value is -2.04. The van der Waals surface area contributed by atoms with Crippen LogP contribution in [0.4, 0.5) is 11.4 Å². The van der Waals surface area contributed by atoms with Crippen LogP contribution in [0.25, 0.3) is 0 Å². The number of rotatable bonds is 2. The molecule has 4 rings (SSSR count). The second-order valence-electron chi connectivity index (χ2n) is 6.15. The van der Waals surface area contributed by atoms with Gasteiger partial charge in [0.2, 0.25) is 0 Å². The van der Waals surface area contributed by atoms with E-state index in [1.165, 1.54) is 6.07 Å². The van der Waals surface area contributed by atoms with E-state index in [4.69, 9.17) is 23.2 Å². The van der Waals surface area contributed by atoms with Gasteiger partial charge in [-0.15, -0.1) is 0 Å². The molecule has 0 saturated carbocycles. The zero-order valence-corrected chi connectivity index (χ0v) is 14.1. The Labute approximate surface area is 149 Å². The summed E-state index contributed by atoms with van der Waals surface area (Å²) in [5.41, 5.74) is 2.69. The van der Waals surface area contributed by atoms with Gasteiger partial charge in [-0.3, -0.25) is 10.1 Å².